The number of rotatable bonds is 10. The molecule has 1 unspecified atom stereocenters. The van der Waals surface area contributed by atoms with Gasteiger partial charge in [-0.2, -0.15) is 5.10 Å². The quantitative estimate of drug-likeness (QED) is 0.285. The molecule has 5 rings (SSSR count). The molecule has 1 aliphatic heterocycles. The van der Waals surface area contributed by atoms with Gasteiger partial charge in [0.05, 0.1) is 37.6 Å². The van der Waals surface area contributed by atoms with E-state index in [0.29, 0.717) is 17.4 Å². The summed E-state index contributed by atoms with van der Waals surface area (Å²) in [6.07, 6.45) is 0.768. The minimum Gasteiger partial charge on any atom is -0.497 e. The lowest BCUT2D eigenvalue weighted by Gasteiger charge is -2.22. The van der Waals surface area contributed by atoms with Crippen molar-refractivity contribution in [2.24, 2.45) is 12.1 Å². The van der Waals surface area contributed by atoms with E-state index in [1.54, 1.807) is 30.9 Å². The minimum atomic E-state index is -0.365. The third-order valence-corrected chi connectivity index (χ3v) is 7.75. The number of methoxy groups -OCH3 is 1. The summed E-state index contributed by atoms with van der Waals surface area (Å²) in [4.78, 5) is 25.8. The van der Waals surface area contributed by atoms with E-state index in [1.165, 1.54) is 28.9 Å². The molecule has 0 spiro atoms. The van der Waals surface area contributed by atoms with Gasteiger partial charge >= 0.3 is 0 Å². The van der Waals surface area contributed by atoms with Crippen molar-refractivity contribution in [3.05, 3.63) is 107 Å². The van der Waals surface area contributed by atoms with Gasteiger partial charge in [0.1, 0.15) is 11.6 Å². The van der Waals surface area contributed by atoms with Gasteiger partial charge in [-0.3, -0.25) is 9.59 Å². The molecule has 2 amide bonds. The van der Waals surface area contributed by atoms with Crippen LogP contribution in [0.25, 0.3) is 0 Å². The first-order valence-electron chi connectivity index (χ1n) is 13.0. The number of hydrogen-bond acceptors (Lipinski definition) is 7. The number of hydrogen-bond donors (Lipinski definition) is 1. The van der Waals surface area contributed by atoms with Gasteiger partial charge in [0, 0.05) is 13.5 Å². The Balaban J connectivity index is 1.24. The van der Waals surface area contributed by atoms with Crippen LogP contribution in [0.4, 0.5) is 4.39 Å². The molecule has 1 aliphatic rings. The molecule has 41 heavy (non-hydrogen) atoms. The van der Waals surface area contributed by atoms with Crippen molar-refractivity contribution >= 4 is 29.3 Å². The Morgan fingerprint density at radius 3 is 2.46 bits per heavy atom. The molecule has 0 fully saturated rings. The Morgan fingerprint density at radius 1 is 1.02 bits per heavy atom. The fraction of sp³-hybridized carbons (Fsp3) is 0.233. The zero-order valence-corrected chi connectivity index (χ0v) is 23.5. The minimum absolute atomic E-state index is 0.0728. The van der Waals surface area contributed by atoms with Crippen LogP contribution in [0.5, 0.6) is 5.75 Å². The van der Waals surface area contributed by atoms with Gasteiger partial charge in [-0.05, 0) is 53.1 Å². The standard InChI is InChI=1S/C30H29FN6O3S/c1-36-27(18-32-28(38)16-20-6-4-3-5-7-20)33-34-30(36)41-19-29(39)37-26(22-8-12-23(31)13-9-22)17-25(35-37)21-10-14-24(40-2)15-11-21/h3-15,26H,16-19H2,1-2H3,(H,32,38). The molecular weight excluding hydrogens is 543 g/mol. The van der Waals surface area contributed by atoms with Crippen LogP contribution in [-0.4, -0.2) is 50.2 Å². The summed E-state index contributed by atoms with van der Waals surface area (Å²) in [5, 5.41) is 18.0. The number of aromatic nitrogens is 3. The van der Waals surface area contributed by atoms with Gasteiger partial charge in [-0.15, -0.1) is 10.2 Å². The van der Waals surface area contributed by atoms with Crippen molar-refractivity contribution < 1.29 is 18.7 Å². The van der Waals surface area contributed by atoms with Crippen molar-refractivity contribution in [1.29, 1.82) is 0 Å². The molecule has 9 nitrogen and oxygen atoms in total. The lowest BCUT2D eigenvalue weighted by Crippen LogP contribution is -2.28. The number of ether oxygens (including phenoxy) is 1. The van der Waals surface area contributed by atoms with E-state index in [4.69, 9.17) is 4.74 Å². The molecule has 1 N–H and O–H groups in total. The molecule has 0 saturated carbocycles. The number of amides is 2. The summed E-state index contributed by atoms with van der Waals surface area (Å²) in [5.74, 6) is 0.704. The summed E-state index contributed by atoms with van der Waals surface area (Å²) in [6.45, 7) is 0.220. The Hall–Kier alpha value is -4.51. The maximum atomic E-state index is 13.6. The summed E-state index contributed by atoms with van der Waals surface area (Å²) in [6, 6.07) is 22.8. The number of nitrogens with zero attached hydrogens (tertiary/aromatic N) is 5. The molecule has 1 aromatic heterocycles. The maximum Gasteiger partial charge on any atom is 0.253 e. The lowest BCUT2D eigenvalue weighted by atomic mass is 9.98. The number of nitrogens with one attached hydrogen (secondary N) is 1. The second-order valence-electron chi connectivity index (χ2n) is 9.47. The van der Waals surface area contributed by atoms with Crippen LogP contribution in [0.15, 0.2) is 89.1 Å². The predicted octanol–water partition coefficient (Wildman–Crippen LogP) is 4.29. The van der Waals surface area contributed by atoms with Crippen molar-refractivity contribution in [2.75, 3.05) is 12.9 Å². The molecule has 0 bridgehead atoms. The number of thioether (sulfide) groups is 1. The van der Waals surface area contributed by atoms with Crippen LogP contribution >= 0.6 is 11.8 Å². The SMILES string of the molecule is COc1ccc(C2=NN(C(=O)CSc3nnc(CNC(=O)Cc4ccccc4)n3C)C(c3ccc(F)cc3)C2)cc1. The zero-order chi connectivity index (χ0) is 28.8. The van der Waals surface area contributed by atoms with Gasteiger partial charge in [0.15, 0.2) is 11.0 Å². The third kappa shape index (κ3) is 6.80. The van der Waals surface area contributed by atoms with Crippen molar-refractivity contribution in [3.8, 4) is 5.75 Å². The average Bonchev–Trinajstić information content (AvgIpc) is 3.60. The molecule has 2 heterocycles. The first-order chi connectivity index (χ1) is 19.9. The normalized spacial score (nSPS) is 14.6. The highest BCUT2D eigenvalue weighted by molar-refractivity contribution is 7.99. The van der Waals surface area contributed by atoms with Crippen LogP contribution in [0.2, 0.25) is 0 Å². The van der Waals surface area contributed by atoms with Crippen molar-refractivity contribution in [3.63, 3.8) is 0 Å². The highest BCUT2D eigenvalue weighted by atomic mass is 32.2. The Morgan fingerprint density at radius 2 is 1.76 bits per heavy atom. The van der Waals surface area contributed by atoms with Gasteiger partial charge in [0.2, 0.25) is 5.91 Å². The van der Waals surface area contributed by atoms with Crippen LogP contribution < -0.4 is 10.1 Å². The first-order valence-corrected chi connectivity index (χ1v) is 14.0. The molecule has 3 aromatic carbocycles. The van der Waals surface area contributed by atoms with Crippen molar-refractivity contribution in [1.82, 2.24) is 25.1 Å². The van der Waals surface area contributed by atoms with E-state index in [1.807, 2.05) is 54.6 Å². The summed E-state index contributed by atoms with van der Waals surface area (Å²) < 4.78 is 20.6. The molecule has 210 valence electrons. The number of halogens is 1. The summed E-state index contributed by atoms with van der Waals surface area (Å²) in [7, 11) is 3.40. The highest BCUT2D eigenvalue weighted by Crippen LogP contribution is 2.34. The van der Waals surface area contributed by atoms with E-state index < -0.39 is 0 Å². The van der Waals surface area contributed by atoms with Gasteiger partial charge < -0.3 is 14.6 Å². The smallest absolute Gasteiger partial charge is 0.253 e. The first kappa shape index (κ1) is 28.0. The topological polar surface area (TPSA) is 102 Å². The van der Waals surface area contributed by atoms with E-state index in [9.17, 15) is 14.0 Å². The fourth-order valence-electron chi connectivity index (χ4n) is 4.48. The average molecular weight is 573 g/mol. The molecule has 0 saturated heterocycles. The van der Waals surface area contributed by atoms with Crippen LogP contribution in [0.3, 0.4) is 0 Å². The summed E-state index contributed by atoms with van der Waals surface area (Å²) >= 11 is 1.24. The molecule has 0 radical (unpaired) electrons. The molecular formula is C30H29FN6O3S. The number of carbonyl (C=O) groups excluding carboxylic acids is 2. The maximum absolute atomic E-state index is 13.6. The van der Waals surface area contributed by atoms with E-state index in [-0.39, 0.29) is 42.4 Å². The zero-order valence-electron chi connectivity index (χ0n) is 22.7. The van der Waals surface area contributed by atoms with Crippen LogP contribution in [-0.2, 0) is 29.6 Å². The largest absolute Gasteiger partial charge is 0.497 e. The second-order valence-corrected chi connectivity index (χ2v) is 10.4. The molecule has 11 heteroatoms. The van der Waals surface area contributed by atoms with E-state index >= 15 is 0 Å². The fourth-order valence-corrected chi connectivity index (χ4v) is 5.26. The van der Waals surface area contributed by atoms with E-state index in [0.717, 1.165) is 28.2 Å². The van der Waals surface area contributed by atoms with E-state index in [2.05, 4.69) is 20.6 Å². The van der Waals surface area contributed by atoms with Gasteiger partial charge in [-0.25, -0.2) is 9.40 Å². The highest BCUT2D eigenvalue weighted by Gasteiger charge is 2.33. The summed E-state index contributed by atoms with van der Waals surface area (Å²) in [5.41, 5.74) is 3.36. The van der Waals surface area contributed by atoms with Crippen LogP contribution in [0, 0.1) is 5.82 Å². The van der Waals surface area contributed by atoms with Crippen LogP contribution in [0.1, 0.15) is 35.0 Å². The Kier molecular flexibility index (Phi) is 8.73. The molecule has 1 atom stereocenters. The number of benzene rings is 3. The Labute approximate surface area is 241 Å². The molecule has 4 aromatic rings. The number of hydrazone groups is 1. The predicted molar refractivity (Wildman–Crippen MR) is 154 cm³/mol. The lowest BCUT2D eigenvalue weighted by molar-refractivity contribution is -0.130. The van der Waals surface area contributed by atoms with Gasteiger partial charge in [-0.1, -0.05) is 54.2 Å². The van der Waals surface area contributed by atoms with Crippen molar-refractivity contribution in [2.45, 2.75) is 30.6 Å². The third-order valence-electron chi connectivity index (χ3n) is 6.74. The molecule has 0 aliphatic carbocycles. The number of carbonyl (C=O) groups is 2. The Bertz CT molecular complexity index is 1540. The van der Waals surface area contributed by atoms with Gasteiger partial charge in [0.25, 0.3) is 5.91 Å². The second kappa shape index (κ2) is 12.8. The monoisotopic (exact) mass is 572 g/mol.